The van der Waals surface area contributed by atoms with Crippen molar-refractivity contribution in [1.82, 2.24) is 5.32 Å². The molecule has 0 saturated carbocycles. The second-order valence-corrected chi connectivity index (χ2v) is 3.04. The van der Waals surface area contributed by atoms with Crippen molar-refractivity contribution in [3.8, 4) is 0 Å². The fourth-order valence-electron chi connectivity index (χ4n) is 1.53. The molecular weight excluding hydrogens is 180 g/mol. The maximum absolute atomic E-state index is 11.3. The molecule has 1 aromatic carbocycles. The van der Waals surface area contributed by atoms with Crippen LogP contribution in [0.5, 0.6) is 0 Å². The van der Waals surface area contributed by atoms with Crippen LogP contribution in [-0.4, -0.2) is 12.5 Å². The van der Waals surface area contributed by atoms with E-state index >= 15 is 0 Å². The monoisotopic (exact) mass is 188 g/mol. The summed E-state index contributed by atoms with van der Waals surface area (Å²) in [4.78, 5) is 14.0. The summed E-state index contributed by atoms with van der Waals surface area (Å²) in [6.07, 6.45) is 0.788. The highest BCUT2D eigenvalue weighted by molar-refractivity contribution is 5.97. The van der Waals surface area contributed by atoms with E-state index in [0.717, 1.165) is 12.0 Å². The number of benzene rings is 1. The number of carbonyl (C=O) groups is 1. The molecule has 5 nitrogen and oxygen atoms in total. The van der Waals surface area contributed by atoms with Gasteiger partial charge in [-0.05, 0) is 29.6 Å². The fourth-order valence-corrected chi connectivity index (χ4v) is 1.53. The zero-order valence-corrected chi connectivity index (χ0v) is 7.40. The normalized spacial score (nSPS) is 13.9. The molecule has 0 fully saturated rings. The second-order valence-electron chi connectivity index (χ2n) is 3.04. The molecule has 1 amide bonds. The summed E-state index contributed by atoms with van der Waals surface area (Å²) < 4.78 is 0. The molecule has 1 N–H and O–H groups in total. The van der Waals surface area contributed by atoms with Gasteiger partial charge >= 0.3 is 0 Å². The highest BCUT2D eigenvalue weighted by Gasteiger charge is 2.15. The second kappa shape index (κ2) is 3.40. The molecule has 0 aromatic heterocycles. The number of nitrogens with one attached hydrogen (secondary N) is 1. The van der Waals surface area contributed by atoms with E-state index in [1.165, 1.54) is 0 Å². The van der Waals surface area contributed by atoms with Gasteiger partial charge in [-0.3, -0.25) is 4.79 Å². The molecule has 5 heteroatoms. The number of amides is 1. The first-order valence-electron chi connectivity index (χ1n) is 4.27. The van der Waals surface area contributed by atoms with Gasteiger partial charge in [0.05, 0.1) is 0 Å². The summed E-state index contributed by atoms with van der Waals surface area (Å²) in [5, 5.41) is 6.24. The van der Waals surface area contributed by atoms with Crippen LogP contribution in [0, 0.1) is 0 Å². The lowest BCUT2D eigenvalue weighted by molar-refractivity contribution is 0.0946. The van der Waals surface area contributed by atoms with Crippen molar-refractivity contribution in [3.63, 3.8) is 0 Å². The summed E-state index contributed by atoms with van der Waals surface area (Å²) in [5.41, 5.74) is 10.4. The molecule has 14 heavy (non-hydrogen) atoms. The molecule has 0 radical (unpaired) electrons. The first-order chi connectivity index (χ1) is 6.81. The SMILES string of the molecule is [N-]=[N+]=Nc1ccc2c(c1)CCNC2=O. The molecule has 1 aromatic rings. The van der Waals surface area contributed by atoms with Gasteiger partial charge < -0.3 is 5.32 Å². The number of hydrogen-bond donors (Lipinski definition) is 1. The minimum absolute atomic E-state index is 0.0567. The number of hydrogen-bond acceptors (Lipinski definition) is 2. The van der Waals surface area contributed by atoms with Crippen LogP contribution < -0.4 is 5.32 Å². The number of fused-ring (bicyclic) bond motifs is 1. The summed E-state index contributed by atoms with van der Waals surface area (Å²) in [6, 6.07) is 5.09. The van der Waals surface area contributed by atoms with E-state index in [0.29, 0.717) is 17.8 Å². The van der Waals surface area contributed by atoms with E-state index in [4.69, 9.17) is 5.53 Å². The average Bonchev–Trinajstić information content (AvgIpc) is 2.18. The van der Waals surface area contributed by atoms with E-state index < -0.39 is 0 Å². The smallest absolute Gasteiger partial charge is 0.251 e. The molecule has 1 aliphatic rings. The Balaban J connectivity index is 2.48. The van der Waals surface area contributed by atoms with Crippen LogP contribution >= 0.6 is 0 Å². The van der Waals surface area contributed by atoms with Crippen molar-refractivity contribution >= 4 is 11.6 Å². The van der Waals surface area contributed by atoms with Crippen molar-refractivity contribution in [1.29, 1.82) is 0 Å². The minimum atomic E-state index is -0.0567. The minimum Gasteiger partial charge on any atom is -0.352 e. The van der Waals surface area contributed by atoms with Gasteiger partial charge in [-0.2, -0.15) is 0 Å². The van der Waals surface area contributed by atoms with Crippen molar-refractivity contribution < 1.29 is 4.79 Å². The van der Waals surface area contributed by atoms with Crippen molar-refractivity contribution in [2.24, 2.45) is 5.11 Å². The zero-order chi connectivity index (χ0) is 9.97. The lowest BCUT2D eigenvalue weighted by Crippen LogP contribution is -2.31. The lowest BCUT2D eigenvalue weighted by atomic mass is 10.00. The van der Waals surface area contributed by atoms with Crippen LogP contribution in [0.4, 0.5) is 5.69 Å². The van der Waals surface area contributed by atoms with Crippen LogP contribution in [0.2, 0.25) is 0 Å². The predicted molar refractivity (Wildman–Crippen MR) is 51.3 cm³/mol. The zero-order valence-electron chi connectivity index (χ0n) is 7.40. The third-order valence-corrected chi connectivity index (χ3v) is 2.17. The maximum Gasteiger partial charge on any atom is 0.251 e. The highest BCUT2D eigenvalue weighted by Crippen LogP contribution is 2.20. The average molecular weight is 188 g/mol. The lowest BCUT2D eigenvalue weighted by Gasteiger charge is -2.16. The number of azide groups is 1. The Labute approximate surface area is 80.4 Å². The van der Waals surface area contributed by atoms with Gasteiger partial charge in [-0.25, -0.2) is 0 Å². The Morgan fingerprint density at radius 1 is 1.50 bits per heavy atom. The molecular formula is C9H8N4O. The standard InChI is InChI=1S/C9H8N4O/c10-13-12-7-1-2-8-6(5-7)3-4-11-9(8)14/h1-2,5H,3-4H2,(H,11,14). The topological polar surface area (TPSA) is 77.9 Å². The first kappa shape index (κ1) is 8.59. The van der Waals surface area contributed by atoms with Crippen molar-refractivity contribution in [2.75, 3.05) is 6.54 Å². The molecule has 70 valence electrons. The Morgan fingerprint density at radius 3 is 3.14 bits per heavy atom. The highest BCUT2D eigenvalue weighted by atomic mass is 16.1. The van der Waals surface area contributed by atoms with Crippen LogP contribution in [0.1, 0.15) is 15.9 Å². The molecule has 2 rings (SSSR count). The van der Waals surface area contributed by atoms with E-state index in [2.05, 4.69) is 15.3 Å². The van der Waals surface area contributed by atoms with Crippen LogP contribution in [0.15, 0.2) is 23.3 Å². The third kappa shape index (κ3) is 1.41. The van der Waals surface area contributed by atoms with E-state index in [-0.39, 0.29) is 5.91 Å². The van der Waals surface area contributed by atoms with Gasteiger partial charge in [0.2, 0.25) is 0 Å². The molecule has 0 unspecified atom stereocenters. The summed E-state index contributed by atoms with van der Waals surface area (Å²) >= 11 is 0. The van der Waals surface area contributed by atoms with Crippen LogP contribution in [-0.2, 0) is 6.42 Å². The Morgan fingerprint density at radius 2 is 2.36 bits per heavy atom. The van der Waals surface area contributed by atoms with Gasteiger partial charge in [0.25, 0.3) is 5.91 Å². The summed E-state index contributed by atoms with van der Waals surface area (Å²) in [5.74, 6) is -0.0567. The fraction of sp³-hybridized carbons (Fsp3) is 0.222. The third-order valence-electron chi connectivity index (χ3n) is 2.17. The number of carbonyl (C=O) groups excluding carboxylic acids is 1. The molecule has 0 saturated heterocycles. The number of rotatable bonds is 1. The summed E-state index contributed by atoms with van der Waals surface area (Å²) in [6.45, 7) is 0.644. The Kier molecular flexibility index (Phi) is 2.08. The molecule has 1 aliphatic heterocycles. The van der Waals surface area contributed by atoms with E-state index in [1.807, 2.05) is 0 Å². The van der Waals surface area contributed by atoms with Crippen molar-refractivity contribution in [3.05, 3.63) is 39.8 Å². The molecule has 0 bridgehead atoms. The largest absolute Gasteiger partial charge is 0.352 e. The van der Waals surface area contributed by atoms with Crippen LogP contribution in [0.3, 0.4) is 0 Å². The van der Waals surface area contributed by atoms with Gasteiger partial charge in [0.15, 0.2) is 0 Å². The van der Waals surface area contributed by atoms with Crippen LogP contribution in [0.25, 0.3) is 10.4 Å². The number of nitrogens with zero attached hydrogens (tertiary/aromatic N) is 3. The Hall–Kier alpha value is -2.00. The molecule has 1 heterocycles. The van der Waals surface area contributed by atoms with Gasteiger partial charge in [-0.15, -0.1) is 0 Å². The van der Waals surface area contributed by atoms with E-state index in [9.17, 15) is 4.79 Å². The first-order valence-corrected chi connectivity index (χ1v) is 4.27. The molecule has 0 atom stereocenters. The van der Waals surface area contributed by atoms with Gasteiger partial charge in [0.1, 0.15) is 0 Å². The van der Waals surface area contributed by atoms with Crippen molar-refractivity contribution in [2.45, 2.75) is 6.42 Å². The summed E-state index contributed by atoms with van der Waals surface area (Å²) in [7, 11) is 0. The van der Waals surface area contributed by atoms with E-state index in [1.54, 1.807) is 18.2 Å². The maximum atomic E-state index is 11.3. The molecule has 0 aliphatic carbocycles. The predicted octanol–water partition coefficient (Wildman–Crippen LogP) is 1.91. The molecule has 0 spiro atoms. The van der Waals surface area contributed by atoms with Gasteiger partial charge in [-0.1, -0.05) is 11.2 Å². The van der Waals surface area contributed by atoms with Gasteiger partial charge in [0, 0.05) is 22.7 Å². The Bertz CT molecular complexity index is 434. The quantitative estimate of drug-likeness (QED) is 0.408.